The van der Waals surface area contributed by atoms with Gasteiger partial charge in [0.15, 0.2) is 0 Å². The molecule has 0 aliphatic carbocycles. The van der Waals surface area contributed by atoms with Crippen LogP contribution in [0.25, 0.3) is 0 Å². The lowest BCUT2D eigenvalue weighted by Crippen LogP contribution is -2.28. The molecule has 1 aliphatic heterocycles. The Morgan fingerprint density at radius 2 is 2.04 bits per heavy atom. The zero-order valence-electron chi connectivity index (χ0n) is 14.3. The van der Waals surface area contributed by atoms with Crippen LogP contribution >= 0.6 is 0 Å². The fourth-order valence-electron chi connectivity index (χ4n) is 3.06. The van der Waals surface area contributed by atoms with E-state index in [1.165, 1.54) is 5.56 Å². The highest BCUT2D eigenvalue weighted by Crippen LogP contribution is 2.19. The van der Waals surface area contributed by atoms with E-state index in [0.29, 0.717) is 12.3 Å². The van der Waals surface area contributed by atoms with Crippen LogP contribution in [0.1, 0.15) is 23.4 Å². The summed E-state index contributed by atoms with van der Waals surface area (Å²) < 4.78 is 0. The molecule has 0 unspecified atom stereocenters. The molecule has 1 atom stereocenters. The lowest BCUT2D eigenvalue weighted by atomic mass is 10.1. The molecule has 2 heterocycles. The smallest absolute Gasteiger partial charge is 0.223 e. The lowest BCUT2D eigenvalue weighted by molar-refractivity contribution is -0.127. The average Bonchev–Trinajstić information content (AvgIpc) is 2.95. The van der Waals surface area contributed by atoms with E-state index in [1.54, 1.807) is 6.20 Å². The summed E-state index contributed by atoms with van der Waals surface area (Å²) in [5.41, 5.74) is 3.07. The highest BCUT2D eigenvalue weighted by atomic mass is 16.2. The van der Waals surface area contributed by atoms with Crippen molar-refractivity contribution in [3.63, 3.8) is 0 Å². The average molecular weight is 324 g/mol. The number of carbonyl (C=O) groups is 1. The first kappa shape index (κ1) is 16.4. The van der Waals surface area contributed by atoms with Crippen molar-refractivity contribution in [1.82, 2.24) is 14.9 Å². The third-order valence-electron chi connectivity index (χ3n) is 4.44. The maximum Gasteiger partial charge on any atom is 0.223 e. The quantitative estimate of drug-likeness (QED) is 0.887. The number of anilines is 1. The first-order valence-corrected chi connectivity index (χ1v) is 8.47. The summed E-state index contributed by atoms with van der Waals surface area (Å²) in [5, 5.41) is 3.36. The number of benzene rings is 1. The molecule has 5 nitrogen and oxygen atoms in total. The molecule has 126 valence electrons. The molecular formula is C19H24N4O. The second-order valence-corrected chi connectivity index (χ2v) is 6.47. The van der Waals surface area contributed by atoms with Gasteiger partial charge in [-0.2, -0.15) is 0 Å². The van der Waals surface area contributed by atoms with Crippen molar-refractivity contribution in [3.8, 4) is 0 Å². The van der Waals surface area contributed by atoms with Gasteiger partial charge in [0.05, 0.1) is 11.4 Å². The van der Waals surface area contributed by atoms with Gasteiger partial charge in [-0.15, -0.1) is 0 Å². The third kappa shape index (κ3) is 4.10. The second kappa shape index (κ2) is 7.43. The minimum Gasteiger partial charge on any atom is -0.368 e. The molecule has 3 rings (SSSR count). The van der Waals surface area contributed by atoms with Gasteiger partial charge in [0.25, 0.3) is 0 Å². The molecule has 1 N–H and O–H groups in total. The number of amides is 1. The van der Waals surface area contributed by atoms with Crippen molar-refractivity contribution in [2.24, 2.45) is 5.92 Å². The van der Waals surface area contributed by atoms with Gasteiger partial charge in [-0.1, -0.05) is 30.3 Å². The van der Waals surface area contributed by atoms with Crippen molar-refractivity contribution >= 4 is 11.7 Å². The molecule has 1 amide bonds. The van der Waals surface area contributed by atoms with Crippen LogP contribution in [0.3, 0.4) is 0 Å². The van der Waals surface area contributed by atoms with E-state index in [9.17, 15) is 4.79 Å². The number of likely N-dealkylation sites (tertiary alicyclic amines) is 1. The summed E-state index contributed by atoms with van der Waals surface area (Å²) in [6.45, 7) is 6.24. The molecule has 24 heavy (non-hydrogen) atoms. The predicted molar refractivity (Wildman–Crippen MR) is 94.8 cm³/mol. The number of carbonyl (C=O) groups excluding carboxylic acids is 1. The van der Waals surface area contributed by atoms with Crippen LogP contribution in [-0.2, 0) is 11.2 Å². The number of aromatic nitrogens is 2. The van der Waals surface area contributed by atoms with E-state index in [2.05, 4.69) is 27.4 Å². The van der Waals surface area contributed by atoms with E-state index >= 15 is 0 Å². The minimum atomic E-state index is 0.254. The molecule has 1 aliphatic rings. The zero-order chi connectivity index (χ0) is 16.9. The first-order chi connectivity index (χ1) is 11.6. The third-order valence-corrected chi connectivity index (χ3v) is 4.44. The normalized spacial score (nSPS) is 17.3. The largest absolute Gasteiger partial charge is 0.368 e. The SMILES string of the molecule is Cc1cnc(C)c(NC[C@@H]2CC(=O)N(CCc3ccccc3)C2)n1. The Labute approximate surface area is 143 Å². The highest BCUT2D eigenvalue weighted by molar-refractivity contribution is 5.78. The molecule has 2 aromatic rings. The maximum atomic E-state index is 12.2. The summed E-state index contributed by atoms with van der Waals surface area (Å²) in [6, 6.07) is 10.3. The van der Waals surface area contributed by atoms with Crippen molar-refractivity contribution < 1.29 is 4.79 Å². The van der Waals surface area contributed by atoms with Crippen molar-refractivity contribution in [2.45, 2.75) is 26.7 Å². The molecule has 1 saturated heterocycles. The van der Waals surface area contributed by atoms with Gasteiger partial charge in [0, 0.05) is 38.2 Å². The molecule has 5 heteroatoms. The molecule has 0 radical (unpaired) electrons. The van der Waals surface area contributed by atoms with Crippen LogP contribution in [-0.4, -0.2) is 40.4 Å². The van der Waals surface area contributed by atoms with Gasteiger partial charge in [-0.3, -0.25) is 9.78 Å². The van der Waals surface area contributed by atoms with Gasteiger partial charge < -0.3 is 10.2 Å². The topological polar surface area (TPSA) is 58.1 Å². The molecular weight excluding hydrogens is 300 g/mol. The molecule has 0 saturated carbocycles. The molecule has 1 fully saturated rings. The van der Waals surface area contributed by atoms with Crippen molar-refractivity contribution in [1.29, 1.82) is 0 Å². The highest BCUT2D eigenvalue weighted by Gasteiger charge is 2.29. The van der Waals surface area contributed by atoms with E-state index in [-0.39, 0.29) is 5.91 Å². The van der Waals surface area contributed by atoms with Crippen LogP contribution in [0.15, 0.2) is 36.5 Å². The summed E-state index contributed by atoms with van der Waals surface area (Å²) in [4.78, 5) is 23.0. The summed E-state index contributed by atoms with van der Waals surface area (Å²) in [7, 11) is 0. The first-order valence-electron chi connectivity index (χ1n) is 8.47. The van der Waals surface area contributed by atoms with E-state index in [4.69, 9.17) is 0 Å². The second-order valence-electron chi connectivity index (χ2n) is 6.47. The van der Waals surface area contributed by atoms with Gasteiger partial charge in [-0.25, -0.2) is 4.98 Å². The Morgan fingerprint density at radius 1 is 1.25 bits per heavy atom. The molecule has 1 aromatic carbocycles. The maximum absolute atomic E-state index is 12.2. The van der Waals surface area contributed by atoms with Gasteiger partial charge in [-0.05, 0) is 25.8 Å². The number of nitrogens with zero attached hydrogens (tertiary/aromatic N) is 3. The summed E-state index contributed by atoms with van der Waals surface area (Å²) in [5.74, 6) is 1.41. The Balaban J connectivity index is 1.50. The van der Waals surface area contributed by atoms with Crippen molar-refractivity contribution in [2.75, 3.05) is 25.0 Å². The minimum absolute atomic E-state index is 0.254. The van der Waals surface area contributed by atoms with Crippen LogP contribution < -0.4 is 5.32 Å². The van der Waals surface area contributed by atoms with Crippen LogP contribution in [0.4, 0.5) is 5.82 Å². The summed E-state index contributed by atoms with van der Waals surface area (Å²) >= 11 is 0. The Hall–Kier alpha value is -2.43. The van der Waals surface area contributed by atoms with Crippen LogP contribution in [0.2, 0.25) is 0 Å². The summed E-state index contributed by atoms with van der Waals surface area (Å²) in [6.07, 6.45) is 3.29. The predicted octanol–water partition coefficient (Wildman–Crippen LogP) is 2.60. The van der Waals surface area contributed by atoms with E-state index < -0.39 is 0 Å². The number of nitrogens with one attached hydrogen (secondary N) is 1. The van der Waals surface area contributed by atoms with Gasteiger partial charge in [0.2, 0.25) is 5.91 Å². The van der Waals surface area contributed by atoms with Crippen LogP contribution in [0, 0.1) is 19.8 Å². The zero-order valence-corrected chi connectivity index (χ0v) is 14.3. The lowest BCUT2D eigenvalue weighted by Gasteiger charge is -2.17. The molecule has 0 spiro atoms. The number of hydrogen-bond acceptors (Lipinski definition) is 4. The Morgan fingerprint density at radius 3 is 2.83 bits per heavy atom. The molecule has 1 aromatic heterocycles. The monoisotopic (exact) mass is 324 g/mol. The van der Waals surface area contributed by atoms with Gasteiger partial charge >= 0.3 is 0 Å². The van der Waals surface area contributed by atoms with E-state index in [1.807, 2.05) is 36.9 Å². The number of rotatable bonds is 6. The van der Waals surface area contributed by atoms with Gasteiger partial charge in [0.1, 0.15) is 5.82 Å². The van der Waals surface area contributed by atoms with Crippen LogP contribution in [0.5, 0.6) is 0 Å². The fourth-order valence-corrected chi connectivity index (χ4v) is 3.06. The van der Waals surface area contributed by atoms with Crippen molar-refractivity contribution in [3.05, 3.63) is 53.5 Å². The molecule has 0 bridgehead atoms. The number of hydrogen-bond donors (Lipinski definition) is 1. The van der Waals surface area contributed by atoms with E-state index in [0.717, 1.165) is 43.3 Å². The fraction of sp³-hybridized carbons (Fsp3) is 0.421. The Kier molecular flexibility index (Phi) is 5.08. The standard InChI is InChI=1S/C19H24N4O/c1-14-11-20-15(2)19(22-14)21-12-17-10-18(24)23(13-17)9-8-16-6-4-3-5-7-16/h3-7,11,17H,8-10,12-13H2,1-2H3,(H,21,22)/t17-/m0/s1. The Bertz CT molecular complexity index is 702. The number of aryl methyl sites for hydroxylation is 2.